The number of hydrogen-bond acceptors (Lipinski definition) is 5. The average Bonchev–Trinajstić information content (AvgIpc) is 3.14. The van der Waals surface area contributed by atoms with Crippen LogP contribution in [0.4, 0.5) is 5.69 Å². The third-order valence-electron chi connectivity index (χ3n) is 4.95. The molecule has 2 aromatic carbocycles. The topological polar surface area (TPSA) is 90.9 Å². The highest BCUT2D eigenvalue weighted by atomic mass is 16.6. The molecule has 0 aliphatic rings. The lowest BCUT2D eigenvalue weighted by molar-refractivity contribution is -0.384. The van der Waals surface area contributed by atoms with Gasteiger partial charge in [-0.05, 0) is 42.3 Å². The molecule has 154 valence electrons. The predicted octanol–water partition coefficient (Wildman–Crippen LogP) is 4.93. The molecule has 7 nitrogen and oxygen atoms in total. The number of nitrogens with zero attached hydrogens (tertiary/aromatic N) is 2. The first-order valence-electron chi connectivity index (χ1n) is 9.67. The standard InChI is InChI=1S/C24H18N2O5/c1-2-31-24(28)23(27)22-21(17-11-13-18(14-12-17)26(29)30)20(16-8-4-3-5-9-16)19-10-6-7-15-25(19)22/h3-15H,2H2,1H3. The van der Waals surface area contributed by atoms with Crippen LogP contribution in [-0.4, -0.2) is 27.7 Å². The van der Waals surface area contributed by atoms with Crippen molar-refractivity contribution in [1.82, 2.24) is 4.40 Å². The molecule has 0 unspecified atom stereocenters. The van der Waals surface area contributed by atoms with Crippen LogP contribution in [0.15, 0.2) is 79.0 Å². The normalized spacial score (nSPS) is 10.7. The van der Waals surface area contributed by atoms with Crippen molar-refractivity contribution in [2.75, 3.05) is 6.61 Å². The van der Waals surface area contributed by atoms with Gasteiger partial charge < -0.3 is 9.14 Å². The largest absolute Gasteiger partial charge is 0.460 e. The molecule has 0 aliphatic heterocycles. The number of nitro groups is 1. The van der Waals surface area contributed by atoms with E-state index >= 15 is 0 Å². The first-order valence-corrected chi connectivity index (χ1v) is 9.67. The lowest BCUT2D eigenvalue weighted by atomic mass is 9.94. The number of carbonyl (C=O) groups excluding carboxylic acids is 2. The Labute approximate surface area is 177 Å². The first kappa shape index (κ1) is 20.0. The van der Waals surface area contributed by atoms with Crippen LogP contribution >= 0.6 is 0 Å². The Bertz CT molecular complexity index is 1290. The van der Waals surface area contributed by atoms with Gasteiger partial charge in [-0.3, -0.25) is 14.9 Å². The number of fused-ring (bicyclic) bond motifs is 1. The number of pyridine rings is 1. The summed E-state index contributed by atoms with van der Waals surface area (Å²) >= 11 is 0. The van der Waals surface area contributed by atoms with E-state index in [1.807, 2.05) is 42.5 Å². The molecular weight excluding hydrogens is 396 g/mol. The Hall–Kier alpha value is -4.26. The van der Waals surface area contributed by atoms with E-state index in [9.17, 15) is 19.7 Å². The Morgan fingerprint density at radius 3 is 2.19 bits per heavy atom. The van der Waals surface area contributed by atoms with Gasteiger partial charge in [-0.25, -0.2) is 4.79 Å². The van der Waals surface area contributed by atoms with Crippen molar-refractivity contribution >= 4 is 23.0 Å². The fourth-order valence-corrected chi connectivity index (χ4v) is 3.65. The van der Waals surface area contributed by atoms with Gasteiger partial charge in [-0.15, -0.1) is 0 Å². The van der Waals surface area contributed by atoms with E-state index in [2.05, 4.69) is 0 Å². The van der Waals surface area contributed by atoms with Crippen molar-refractivity contribution in [3.63, 3.8) is 0 Å². The summed E-state index contributed by atoms with van der Waals surface area (Å²) < 4.78 is 6.64. The quantitative estimate of drug-likeness (QED) is 0.147. The minimum Gasteiger partial charge on any atom is -0.460 e. The van der Waals surface area contributed by atoms with Gasteiger partial charge in [0.25, 0.3) is 11.5 Å². The zero-order chi connectivity index (χ0) is 22.0. The maximum absolute atomic E-state index is 13.2. The number of non-ortho nitro benzene ring substituents is 1. The zero-order valence-electron chi connectivity index (χ0n) is 16.6. The van der Waals surface area contributed by atoms with Crippen LogP contribution in [0.5, 0.6) is 0 Å². The van der Waals surface area contributed by atoms with Gasteiger partial charge in [0, 0.05) is 29.5 Å². The molecule has 0 saturated heterocycles. The van der Waals surface area contributed by atoms with Gasteiger partial charge in [0.15, 0.2) is 0 Å². The molecule has 0 fully saturated rings. The van der Waals surface area contributed by atoms with E-state index in [0.29, 0.717) is 11.1 Å². The number of rotatable bonds is 6. The van der Waals surface area contributed by atoms with E-state index in [1.165, 1.54) is 12.1 Å². The van der Waals surface area contributed by atoms with Crippen LogP contribution in [0, 0.1) is 10.1 Å². The van der Waals surface area contributed by atoms with E-state index in [-0.39, 0.29) is 18.0 Å². The SMILES string of the molecule is CCOC(=O)C(=O)c1c(-c2ccc([N+](=O)[O-])cc2)c(-c2ccccc2)c2ccccn12. The number of aromatic nitrogens is 1. The summed E-state index contributed by atoms with van der Waals surface area (Å²) in [4.78, 5) is 36.2. The monoisotopic (exact) mass is 414 g/mol. The van der Waals surface area contributed by atoms with Crippen molar-refractivity contribution in [2.24, 2.45) is 0 Å². The molecule has 0 radical (unpaired) electrons. The molecule has 0 atom stereocenters. The highest BCUT2D eigenvalue weighted by Gasteiger charge is 2.30. The lowest BCUT2D eigenvalue weighted by Gasteiger charge is -2.08. The van der Waals surface area contributed by atoms with E-state index < -0.39 is 16.7 Å². The number of esters is 1. The Kier molecular flexibility index (Phi) is 5.32. The second kappa shape index (κ2) is 8.23. The van der Waals surface area contributed by atoms with Crippen LogP contribution in [0.1, 0.15) is 17.4 Å². The second-order valence-corrected chi connectivity index (χ2v) is 6.77. The average molecular weight is 414 g/mol. The first-order chi connectivity index (χ1) is 15.0. The maximum Gasteiger partial charge on any atom is 0.381 e. The van der Waals surface area contributed by atoms with E-state index in [0.717, 1.165) is 16.6 Å². The summed E-state index contributed by atoms with van der Waals surface area (Å²) in [6.45, 7) is 1.71. The summed E-state index contributed by atoms with van der Waals surface area (Å²) in [5.74, 6) is -1.73. The fraction of sp³-hybridized carbons (Fsp3) is 0.0833. The predicted molar refractivity (Wildman–Crippen MR) is 116 cm³/mol. The molecule has 4 rings (SSSR count). The summed E-state index contributed by atoms with van der Waals surface area (Å²) in [5, 5.41) is 11.1. The molecule has 7 heteroatoms. The summed E-state index contributed by atoms with van der Waals surface area (Å²) in [5.41, 5.74) is 3.53. The highest BCUT2D eigenvalue weighted by Crippen LogP contribution is 2.41. The highest BCUT2D eigenvalue weighted by molar-refractivity contribution is 6.42. The van der Waals surface area contributed by atoms with Gasteiger partial charge >= 0.3 is 5.97 Å². The minimum absolute atomic E-state index is 0.0629. The number of hydrogen-bond donors (Lipinski definition) is 0. The number of benzene rings is 2. The molecular formula is C24H18N2O5. The van der Waals surface area contributed by atoms with Crippen LogP contribution in [0.3, 0.4) is 0 Å². The molecule has 4 aromatic rings. The van der Waals surface area contributed by atoms with Crippen molar-refractivity contribution in [2.45, 2.75) is 6.92 Å². The Morgan fingerprint density at radius 1 is 0.903 bits per heavy atom. The summed E-state index contributed by atoms with van der Waals surface area (Å²) in [7, 11) is 0. The number of carbonyl (C=O) groups is 2. The molecule has 2 aromatic heterocycles. The number of ether oxygens (including phenoxy) is 1. The summed E-state index contributed by atoms with van der Waals surface area (Å²) in [6.07, 6.45) is 1.71. The second-order valence-electron chi connectivity index (χ2n) is 6.77. The molecule has 0 spiro atoms. The molecule has 0 bridgehead atoms. The van der Waals surface area contributed by atoms with Crippen molar-refractivity contribution in [3.8, 4) is 22.3 Å². The fourth-order valence-electron chi connectivity index (χ4n) is 3.65. The van der Waals surface area contributed by atoms with Gasteiger partial charge in [0.05, 0.1) is 17.0 Å². The Balaban J connectivity index is 2.08. The third kappa shape index (κ3) is 3.57. The van der Waals surface area contributed by atoms with Crippen LogP contribution in [0.2, 0.25) is 0 Å². The number of nitro benzene ring substituents is 1. The van der Waals surface area contributed by atoms with Crippen LogP contribution in [-0.2, 0) is 9.53 Å². The van der Waals surface area contributed by atoms with Gasteiger partial charge in [0.2, 0.25) is 0 Å². The smallest absolute Gasteiger partial charge is 0.381 e. The van der Waals surface area contributed by atoms with Crippen molar-refractivity contribution < 1.29 is 19.2 Å². The third-order valence-corrected chi connectivity index (χ3v) is 4.95. The molecule has 0 aliphatic carbocycles. The van der Waals surface area contributed by atoms with Gasteiger partial charge in [-0.2, -0.15) is 0 Å². The van der Waals surface area contributed by atoms with Gasteiger partial charge in [-0.1, -0.05) is 36.4 Å². The van der Waals surface area contributed by atoms with Crippen molar-refractivity contribution in [3.05, 3.63) is 94.8 Å². The van der Waals surface area contributed by atoms with Gasteiger partial charge in [0.1, 0.15) is 5.69 Å². The molecule has 31 heavy (non-hydrogen) atoms. The zero-order valence-corrected chi connectivity index (χ0v) is 16.6. The van der Waals surface area contributed by atoms with E-state index in [4.69, 9.17) is 4.74 Å². The minimum atomic E-state index is -0.950. The molecule has 0 N–H and O–H groups in total. The maximum atomic E-state index is 13.2. The van der Waals surface area contributed by atoms with E-state index in [1.54, 1.807) is 35.7 Å². The molecule has 0 amide bonds. The lowest BCUT2D eigenvalue weighted by Crippen LogP contribution is -2.20. The molecule has 2 heterocycles. The number of ketones is 1. The van der Waals surface area contributed by atoms with Crippen molar-refractivity contribution in [1.29, 1.82) is 0 Å². The summed E-state index contributed by atoms with van der Waals surface area (Å²) in [6, 6.07) is 20.9. The number of Topliss-reactive ketones (excluding diaryl/α,β-unsaturated/α-hetero) is 1. The Morgan fingerprint density at radius 2 is 1.55 bits per heavy atom. The van der Waals surface area contributed by atoms with Crippen LogP contribution in [0.25, 0.3) is 27.8 Å². The van der Waals surface area contributed by atoms with Crippen LogP contribution < -0.4 is 0 Å². The molecule has 0 saturated carbocycles.